The maximum atomic E-state index is 13.8. The summed E-state index contributed by atoms with van der Waals surface area (Å²) in [6.07, 6.45) is -2.22. The molecule has 1 fully saturated rings. The van der Waals surface area contributed by atoms with Crippen LogP contribution in [0, 0.1) is 0 Å². The monoisotopic (exact) mass is 241 g/mol. The summed E-state index contributed by atoms with van der Waals surface area (Å²) in [5.41, 5.74) is 4.73. The van der Waals surface area contributed by atoms with Crippen molar-refractivity contribution in [1.29, 1.82) is 0 Å². The molecule has 0 bridgehead atoms. The second kappa shape index (κ2) is 4.27. The molecule has 0 saturated carbocycles. The van der Waals surface area contributed by atoms with Crippen LogP contribution in [0.2, 0.25) is 0 Å². The van der Waals surface area contributed by atoms with Crippen LogP contribution in [-0.4, -0.2) is 33.5 Å². The molecule has 6 nitrogen and oxygen atoms in total. The highest BCUT2D eigenvalue weighted by Crippen LogP contribution is 2.33. The van der Waals surface area contributed by atoms with E-state index in [1.807, 2.05) is 0 Å². The molecule has 1 aliphatic rings. The molecule has 0 amide bonds. The molecule has 3 unspecified atom stereocenters. The van der Waals surface area contributed by atoms with E-state index in [1.54, 1.807) is 0 Å². The molecule has 0 radical (unpaired) electrons. The fourth-order valence-corrected chi connectivity index (χ4v) is 1.67. The fraction of sp³-hybridized carbons (Fsp3) is 0.400. The van der Waals surface area contributed by atoms with E-state index in [4.69, 9.17) is 15.6 Å². The third-order valence-electron chi connectivity index (χ3n) is 2.61. The molecule has 1 aromatic heterocycles. The number of nitrogens with two attached hydrogens (primary N) is 1. The number of nitrogen functional groups attached to an aromatic ring is 1. The molecule has 7 heteroatoms. The molecule has 17 heavy (non-hydrogen) atoms. The quantitative estimate of drug-likeness (QED) is 0.688. The van der Waals surface area contributed by atoms with Crippen LogP contribution in [0.3, 0.4) is 0 Å². The van der Waals surface area contributed by atoms with Gasteiger partial charge in [0.2, 0.25) is 0 Å². The largest absolute Gasteiger partial charge is 0.393 e. The molecule has 0 aliphatic carbocycles. The number of aliphatic hydroxyl groups is 1. The minimum atomic E-state index is -1.56. The second-order valence-corrected chi connectivity index (χ2v) is 3.72. The molecule has 92 valence electrons. The van der Waals surface area contributed by atoms with E-state index in [0.29, 0.717) is 0 Å². The van der Waals surface area contributed by atoms with Gasteiger partial charge in [0.05, 0.1) is 6.61 Å². The summed E-state index contributed by atoms with van der Waals surface area (Å²) in [5.74, 6) is 0.0530. The van der Waals surface area contributed by atoms with Crippen molar-refractivity contribution in [3.8, 4) is 0 Å². The molecule has 2 heterocycles. The summed E-state index contributed by atoms with van der Waals surface area (Å²) in [6, 6.07) is 1.37. The van der Waals surface area contributed by atoms with Gasteiger partial charge in [0, 0.05) is 6.20 Å². The SMILES string of the molecule is C=C1C(CO)OC(n2ccc(N)nc2=O)C1F. The summed E-state index contributed by atoms with van der Waals surface area (Å²) < 4.78 is 20.0. The van der Waals surface area contributed by atoms with Crippen molar-refractivity contribution in [3.63, 3.8) is 0 Å². The lowest BCUT2D eigenvalue weighted by atomic mass is 10.1. The number of halogens is 1. The van der Waals surface area contributed by atoms with Gasteiger partial charge in [-0.05, 0) is 11.6 Å². The lowest BCUT2D eigenvalue weighted by molar-refractivity contribution is -0.0374. The Hall–Kier alpha value is -1.73. The van der Waals surface area contributed by atoms with Gasteiger partial charge in [0.25, 0.3) is 0 Å². The lowest BCUT2D eigenvalue weighted by Gasteiger charge is -2.15. The summed E-state index contributed by atoms with van der Waals surface area (Å²) in [6.45, 7) is 3.11. The Morgan fingerprint density at radius 2 is 2.41 bits per heavy atom. The highest BCUT2D eigenvalue weighted by Gasteiger charge is 2.40. The number of alkyl halides is 1. The number of hydrogen-bond acceptors (Lipinski definition) is 5. The molecule has 0 aromatic carbocycles. The standard InChI is InChI=1S/C10H12FN3O3/c1-5-6(4-15)17-9(8(5)11)14-3-2-7(12)13-10(14)16/h2-3,6,8-9,15H,1,4H2,(H2,12,13,16). The number of aliphatic hydroxyl groups excluding tert-OH is 1. The summed E-state index contributed by atoms with van der Waals surface area (Å²) in [7, 11) is 0. The number of ether oxygens (including phenoxy) is 1. The van der Waals surface area contributed by atoms with Crippen LogP contribution in [0.5, 0.6) is 0 Å². The molecule has 0 spiro atoms. The minimum absolute atomic E-state index is 0.0530. The van der Waals surface area contributed by atoms with Crippen molar-refractivity contribution in [2.75, 3.05) is 12.3 Å². The van der Waals surface area contributed by atoms with Crippen LogP contribution in [0.4, 0.5) is 10.2 Å². The van der Waals surface area contributed by atoms with Gasteiger partial charge in [0.1, 0.15) is 11.9 Å². The zero-order chi connectivity index (χ0) is 12.6. The average molecular weight is 241 g/mol. The van der Waals surface area contributed by atoms with Crippen LogP contribution >= 0.6 is 0 Å². The molecule has 2 rings (SSSR count). The molecular weight excluding hydrogens is 229 g/mol. The van der Waals surface area contributed by atoms with Gasteiger partial charge in [-0.1, -0.05) is 6.58 Å². The smallest absolute Gasteiger partial charge is 0.351 e. The van der Waals surface area contributed by atoms with Gasteiger partial charge in [-0.3, -0.25) is 4.57 Å². The summed E-state index contributed by atoms with van der Waals surface area (Å²) >= 11 is 0. The number of aromatic nitrogens is 2. The molecule has 3 atom stereocenters. The van der Waals surface area contributed by atoms with Crippen molar-refractivity contribution in [2.24, 2.45) is 0 Å². The lowest BCUT2D eigenvalue weighted by Crippen LogP contribution is -2.30. The molecule has 1 aromatic rings. The Bertz CT molecular complexity index is 502. The first kappa shape index (κ1) is 11.7. The van der Waals surface area contributed by atoms with Gasteiger partial charge in [-0.25, -0.2) is 9.18 Å². The number of hydrogen-bond donors (Lipinski definition) is 2. The van der Waals surface area contributed by atoms with Crippen molar-refractivity contribution in [1.82, 2.24) is 9.55 Å². The first-order valence-electron chi connectivity index (χ1n) is 4.98. The van der Waals surface area contributed by atoms with Gasteiger partial charge in [-0.2, -0.15) is 4.98 Å². The first-order valence-corrected chi connectivity index (χ1v) is 4.98. The Labute approximate surface area is 96.1 Å². The maximum absolute atomic E-state index is 13.8. The third-order valence-corrected chi connectivity index (χ3v) is 2.61. The highest BCUT2D eigenvalue weighted by molar-refractivity contribution is 5.24. The Kier molecular flexibility index (Phi) is 2.95. The molecular formula is C10H12FN3O3. The Morgan fingerprint density at radius 3 is 2.94 bits per heavy atom. The van der Waals surface area contributed by atoms with Gasteiger partial charge >= 0.3 is 5.69 Å². The van der Waals surface area contributed by atoms with E-state index in [9.17, 15) is 9.18 Å². The minimum Gasteiger partial charge on any atom is -0.393 e. The van der Waals surface area contributed by atoms with Crippen LogP contribution in [-0.2, 0) is 4.74 Å². The van der Waals surface area contributed by atoms with E-state index in [2.05, 4.69) is 11.6 Å². The number of rotatable bonds is 2. The Morgan fingerprint density at radius 1 is 1.71 bits per heavy atom. The van der Waals surface area contributed by atoms with Crippen LogP contribution in [0.25, 0.3) is 0 Å². The van der Waals surface area contributed by atoms with Crippen molar-refractivity contribution in [3.05, 3.63) is 34.9 Å². The predicted octanol–water partition coefficient (Wildman–Crippen LogP) is -0.391. The van der Waals surface area contributed by atoms with Crippen molar-refractivity contribution >= 4 is 5.82 Å². The van der Waals surface area contributed by atoms with Gasteiger partial charge < -0.3 is 15.6 Å². The zero-order valence-electron chi connectivity index (χ0n) is 8.91. The van der Waals surface area contributed by atoms with E-state index >= 15 is 0 Å². The number of anilines is 1. The number of nitrogens with zero attached hydrogens (tertiary/aromatic N) is 2. The van der Waals surface area contributed by atoms with Gasteiger partial charge in [0.15, 0.2) is 12.4 Å². The highest BCUT2D eigenvalue weighted by atomic mass is 19.1. The van der Waals surface area contributed by atoms with E-state index < -0.39 is 24.2 Å². The second-order valence-electron chi connectivity index (χ2n) is 3.72. The van der Waals surface area contributed by atoms with Crippen LogP contribution < -0.4 is 11.4 Å². The van der Waals surface area contributed by atoms with Crippen LogP contribution in [0.15, 0.2) is 29.2 Å². The van der Waals surface area contributed by atoms with Gasteiger partial charge in [-0.15, -0.1) is 0 Å². The normalized spacial score (nSPS) is 28.6. The summed E-state index contributed by atoms with van der Waals surface area (Å²) in [5, 5.41) is 8.96. The van der Waals surface area contributed by atoms with Crippen molar-refractivity contribution < 1.29 is 14.2 Å². The average Bonchev–Trinajstić information content (AvgIpc) is 2.57. The maximum Gasteiger partial charge on any atom is 0.351 e. The third kappa shape index (κ3) is 1.94. The fourth-order valence-electron chi connectivity index (χ4n) is 1.67. The van der Waals surface area contributed by atoms with Crippen LogP contribution in [0.1, 0.15) is 6.23 Å². The first-order chi connectivity index (χ1) is 8.04. The molecule has 1 saturated heterocycles. The van der Waals surface area contributed by atoms with Crippen molar-refractivity contribution in [2.45, 2.75) is 18.5 Å². The molecule has 3 N–H and O–H groups in total. The summed E-state index contributed by atoms with van der Waals surface area (Å²) in [4.78, 5) is 15.0. The Balaban J connectivity index is 2.35. The van der Waals surface area contributed by atoms with E-state index in [1.165, 1.54) is 12.3 Å². The molecule has 1 aliphatic heterocycles. The zero-order valence-corrected chi connectivity index (χ0v) is 8.91. The predicted molar refractivity (Wildman–Crippen MR) is 57.9 cm³/mol. The van der Waals surface area contributed by atoms with E-state index in [0.717, 1.165) is 4.57 Å². The van der Waals surface area contributed by atoms with E-state index in [-0.39, 0.29) is 18.0 Å². The topological polar surface area (TPSA) is 90.4 Å².